The molecule has 0 heterocycles. The summed E-state index contributed by atoms with van der Waals surface area (Å²) in [6.07, 6.45) is 83.4. The topological polar surface area (TPSA) is 78.9 Å². The Morgan fingerprint density at radius 1 is 0.280 bits per heavy atom. The predicted octanol–water partition coefficient (Wildman–Crippen LogP) is 21.9. The van der Waals surface area contributed by atoms with Crippen LogP contribution in [0.25, 0.3) is 0 Å². The van der Waals surface area contributed by atoms with Gasteiger partial charge in [-0.05, 0) is 103 Å². The van der Waals surface area contributed by atoms with Crippen molar-refractivity contribution in [1.82, 2.24) is 0 Å². The Bertz CT molecular complexity index is 1430. The van der Waals surface area contributed by atoms with Crippen LogP contribution >= 0.6 is 0 Å². The summed E-state index contributed by atoms with van der Waals surface area (Å²) in [6.45, 7) is 6.45. The third kappa shape index (κ3) is 61.3. The molecule has 6 heteroatoms. The van der Waals surface area contributed by atoms with Gasteiger partial charge in [-0.2, -0.15) is 0 Å². The van der Waals surface area contributed by atoms with Gasteiger partial charge in [0, 0.05) is 19.3 Å². The first kappa shape index (κ1) is 71.6. The monoisotopic (exact) mass is 1040 g/mol. The average molecular weight is 1050 g/mol. The summed E-state index contributed by atoms with van der Waals surface area (Å²) >= 11 is 0. The molecule has 0 radical (unpaired) electrons. The number of hydrogen-bond donors (Lipinski definition) is 0. The predicted molar refractivity (Wildman–Crippen MR) is 325 cm³/mol. The van der Waals surface area contributed by atoms with Crippen molar-refractivity contribution in [3.05, 3.63) is 85.1 Å². The fourth-order valence-corrected chi connectivity index (χ4v) is 9.02. The second-order valence-electron chi connectivity index (χ2n) is 21.3. The maximum Gasteiger partial charge on any atom is 0.306 e. The molecule has 0 aromatic heterocycles. The molecule has 0 aliphatic heterocycles. The van der Waals surface area contributed by atoms with Gasteiger partial charge in [0.25, 0.3) is 0 Å². The third-order valence-corrected chi connectivity index (χ3v) is 13.9. The highest BCUT2D eigenvalue weighted by atomic mass is 16.6. The van der Waals surface area contributed by atoms with Gasteiger partial charge in [0.1, 0.15) is 13.2 Å². The summed E-state index contributed by atoms with van der Waals surface area (Å²) in [5.74, 6) is -0.889. The first-order valence-electron chi connectivity index (χ1n) is 32.1. The smallest absolute Gasteiger partial charge is 0.306 e. The maximum atomic E-state index is 12.8. The summed E-state index contributed by atoms with van der Waals surface area (Å²) in [4.78, 5) is 38.1. The minimum atomic E-state index is -0.780. The van der Waals surface area contributed by atoms with E-state index in [1.807, 2.05) is 0 Å². The molecule has 0 N–H and O–H groups in total. The van der Waals surface area contributed by atoms with Crippen LogP contribution in [-0.4, -0.2) is 37.2 Å². The SMILES string of the molecule is CC/C=C\C/C=C\C/C=C\C/C=C\C/C=C\CCCCCCCCCCCCCCCCCCCCCC(=O)OCC(COC(=O)CCCCCCC/C=C\CCCC)OC(=O)CCCCCCC/C=C\CCCC. The zero-order valence-electron chi connectivity index (χ0n) is 49.6. The van der Waals surface area contributed by atoms with Gasteiger partial charge < -0.3 is 14.2 Å². The van der Waals surface area contributed by atoms with Crippen molar-refractivity contribution in [2.45, 2.75) is 322 Å². The molecule has 1 atom stereocenters. The van der Waals surface area contributed by atoms with E-state index in [-0.39, 0.29) is 31.1 Å². The van der Waals surface area contributed by atoms with Crippen molar-refractivity contribution in [3.8, 4) is 0 Å². The molecule has 0 aromatic rings. The highest BCUT2D eigenvalue weighted by Gasteiger charge is 2.19. The van der Waals surface area contributed by atoms with Crippen molar-refractivity contribution < 1.29 is 28.6 Å². The number of ether oxygens (including phenoxy) is 3. The molecular weight excluding hydrogens is 925 g/mol. The molecule has 0 aliphatic carbocycles. The molecule has 0 aromatic carbocycles. The first-order valence-corrected chi connectivity index (χ1v) is 32.1. The highest BCUT2D eigenvalue weighted by Crippen LogP contribution is 2.17. The van der Waals surface area contributed by atoms with Crippen LogP contribution in [0.5, 0.6) is 0 Å². The summed E-state index contributed by atoms with van der Waals surface area (Å²) < 4.78 is 16.8. The second-order valence-corrected chi connectivity index (χ2v) is 21.3. The van der Waals surface area contributed by atoms with Gasteiger partial charge >= 0.3 is 17.9 Å². The van der Waals surface area contributed by atoms with E-state index in [0.717, 1.165) is 109 Å². The van der Waals surface area contributed by atoms with E-state index in [1.165, 1.54) is 167 Å². The fraction of sp³-hybridized carbons (Fsp3) is 0.754. The third-order valence-electron chi connectivity index (χ3n) is 13.9. The normalized spacial score (nSPS) is 12.6. The molecule has 6 nitrogen and oxygen atoms in total. The Morgan fingerprint density at radius 3 is 0.827 bits per heavy atom. The zero-order chi connectivity index (χ0) is 54.3. The summed E-state index contributed by atoms with van der Waals surface area (Å²) in [7, 11) is 0. The van der Waals surface area contributed by atoms with Gasteiger partial charge in [-0.25, -0.2) is 0 Å². The van der Waals surface area contributed by atoms with Crippen LogP contribution in [0.3, 0.4) is 0 Å². The molecular formula is C69H120O6. The molecule has 0 saturated heterocycles. The van der Waals surface area contributed by atoms with E-state index in [4.69, 9.17) is 14.2 Å². The lowest BCUT2D eigenvalue weighted by atomic mass is 10.0. The highest BCUT2D eigenvalue weighted by molar-refractivity contribution is 5.71. The van der Waals surface area contributed by atoms with E-state index in [9.17, 15) is 14.4 Å². The molecule has 432 valence electrons. The molecule has 0 aliphatic rings. The lowest BCUT2D eigenvalue weighted by molar-refractivity contribution is -0.167. The van der Waals surface area contributed by atoms with Crippen LogP contribution in [0.4, 0.5) is 0 Å². The Hall–Kier alpha value is -3.41. The van der Waals surface area contributed by atoms with E-state index in [1.54, 1.807) is 0 Å². The molecule has 0 bridgehead atoms. The van der Waals surface area contributed by atoms with Gasteiger partial charge in [0.2, 0.25) is 0 Å². The maximum absolute atomic E-state index is 12.8. The van der Waals surface area contributed by atoms with Gasteiger partial charge in [-0.1, -0.05) is 279 Å². The van der Waals surface area contributed by atoms with Crippen LogP contribution in [0, 0.1) is 0 Å². The number of esters is 3. The van der Waals surface area contributed by atoms with E-state index >= 15 is 0 Å². The molecule has 75 heavy (non-hydrogen) atoms. The summed E-state index contributed by atoms with van der Waals surface area (Å²) in [5.41, 5.74) is 0. The van der Waals surface area contributed by atoms with Crippen LogP contribution in [0.2, 0.25) is 0 Å². The summed E-state index contributed by atoms with van der Waals surface area (Å²) in [6, 6.07) is 0. The Morgan fingerprint density at radius 2 is 0.520 bits per heavy atom. The molecule has 0 fully saturated rings. The summed E-state index contributed by atoms with van der Waals surface area (Å²) in [5, 5.41) is 0. The van der Waals surface area contributed by atoms with Crippen LogP contribution in [-0.2, 0) is 28.6 Å². The molecule has 0 amide bonds. The van der Waals surface area contributed by atoms with Gasteiger partial charge in [0.15, 0.2) is 6.10 Å². The number of unbranched alkanes of at least 4 members (excludes halogenated alkanes) is 33. The number of carbonyl (C=O) groups excluding carboxylic acids is 3. The lowest BCUT2D eigenvalue weighted by Gasteiger charge is -2.18. The molecule has 0 rings (SSSR count). The van der Waals surface area contributed by atoms with Crippen molar-refractivity contribution in [2.24, 2.45) is 0 Å². The Balaban J connectivity index is 4.00. The van der Waals surface area contributed by atoms with Crippen LogP contribution in [0.15, 0.2) is 85.1 Å². The van der Waals surface area contributed by atoms with Crippen molar-refractivity contribution >= 4 is 17.9 Å². The lowest BCUT2D eigenvalue weighted by Crippen LogP contribution is -2.30. The fourth-order valence-electron chi connectivity index (χ4n) is 9.02. The minimum Gasteiger partial charge on any atom is -0.462 e. The van der Waals surface area contributed by atoms with Crippen molar-refractivity contribution in [2.75, 3.05) is 13.2 Å². The van der Waals surface area contributed by atoms with Crippen molar-refractivity contribution in [1.29, 1.82) is 0 Å². The molecule has 0 spiro atoms. The number of carbonyl (C=O) groups is 3. The van der Waals surface area contributed by atoms with E-state index in [0.29, 0.717) is 19.3 Å². The average Bonchev–Trinajstić information content (AvgIpc) is 3.41. The zero-order valence-corrected chi connectivity index (χ0v) is 49.6. The number of allylic oxidation sites excluding steroid dienone is 14. The first-order chi connectivity index (χ1) is 37.0. The Labute approximate surface area is 465 Å². The van der Waals surface area contributed by atoms with Crippen LogP contribution < -0.4 is 0 Å². The van der Waals surface area contributed by atoms with Gasteiger partial charge in [-0.15, -0.1) is 0 Å². The quantitative estimate of drug-likeness (QED) is 0.0261. The van der Waals surface area contributed by atoms with Gasteiger partial charge in [-0.3, -0.25) is 14.4 Å². The van der Waals surface area contributed by atoms with Crippen molar-refractivity contribution in [3.63, 3.8) is 0 Å². The van der Waals surface area contributed by atoms with Crippen LogP contribution in [0.1, 0.15) is 316 Å². The minimum absolute atomic E-state index is 0.0785. The standard InChI is InChI=1S/C69H120O6/c1-4-7-10-13-16-19-22-23-24-25-26-27-28-29-30-31-32-33-34-35-36-37-38-39-40-41-42-43-44-45-48-50-53-56-59-62-68(71)74-65-66(75-69(72)63-60-57-54-51-47-21-18-15-12-9-6-3)64-73-67(70)61-58-55-52-49-46-20-17-14-11-8-5-2/h7,10,14-19,23-24,26-27,29-30,66H,4-6,8-9,11-13,20-22,25,28,31-65H2,1-3H3/b10-7-,17-14-,18-15-,19-16-,24-23-,27-26-,30-29-. The Kier molecular flexibility index (Phi) is 60.3. The number of rotatable bonds is 58. The molecule has 0 saturated carbocycles. The van der Waals surface area contributed by atoms with Gasteiger partial charge in [0.05, 0.1) is 0 Å². The number of hydrogen-bond acceptors (Lipinski definition) is 6. The second kappa shape index (κ2) is 63.1. The molecule has 1 unspecified atom stereocenters. The van der Waals surface area contributed by atoms with E-state index in [2.05, 4.69) is 106 Å². The van der Waals surface area contributed by atoms with E-state index < -0.39 is 6.10 Å². The largest absolute Gasteiger partial charge is 0.462 e.